The molecule has 0 saturated carbocycles. The van der Waals surface area contributed by atoms with Crippen LogP contribution in [0.15, 0.2) is 41.3 Å². The molecule has 1 aliphatic rings. The molecule has 3 heterocycles. The number of amides is 3. The molecular formula is C28H34FN5O6. The Morgan fingerprint density at radius 3 is 2.60 bits per heavy atom. The summed E-state index contributed by atoms with van der Waals surface area (Å²) < 4.78 is 25.2. The number of morpholine rings is 1. The van der Waals surface area contributed by atoms with Crippen LogP contribution in [0.3, 0.4) is 0 Å². The van der Waals surface area contributed by atoms with E-state index in [2.05, 4.69) is 15.6 Å². The zero-order chi connectivity index (χ0) is 28.5. The van der Waals surface area contributed by atoms with Crippen molar-refractivity contribution in [3.8, 4) is 5.75 Å². The van der Waals surface area contributed by atoms with Gasteiger partial charge in [-0.05, 0) is 49.1 Å². The van der Waals surface area contributed by atoms with Gasteiger partial charge in [0.1, 0.15) is 16.9 Å². The molecule has 3 N–H and O–H groups in total. The molecule has 3 aromatic rings. The Morgan fingerprint density at radius 1 is 1.12 bits per heavy atom. The summed E-state index contributed by atoms with van der Waals surface area (Å²) in [6.07, 6.45) is 2.37. The third-order valence-electron chi connectivity index (χ3n) is 6.55. The molecule has 1 aliphatic heterocycles. The van der Waals surface area contributed by atoms with Gasteiger partial charge < -0.3 is 34.7 Å². The molecule has 214 valence electrons. The third-order valence-corrected chi connectivity index (χ3v) is 6.55. The molecule has 4 rings (SSSR count). The van der Waals surface area contributed by atoms with Crippen LogP contribution in [0.1, 0.15) is 34.8 Å². The van der Waals surface area contributed by atoms with Gasteiger partial charge in [0.15, 0.2) is 5.75 Å². The number of aromatic nitrogens is 2. The zero-order valence-electron chi connectivity index (χ0n) is 22.5. The third kappa shape index (κ3) is 7.13. The molecule has 2 aromatic heterocycles. The Kier molecular flexibility index (Phi) is 10.0. The Bertz CT molecular complexity index is 1390. The number of aryl methyl sites for hydroxylation is 1. The van der Waals surface area contributed by atoms with E-state index in [-0.39, 0.29) is 37.1 Å². The summed E-state index contributed by atoms with van der Waals surface area (Å²) in [5, 5.41) is 16.4. The molecule has 0 spiro atoms. The first-order chi connectivity index (χ1) is 19.4. The molecule has 1 saturated heterocycles. The second-order valence-electron chi connectivity index (χ2n) is 9.33. The van der Waals surface area contributed by atoms with Crippen molar-refractivity contribution in [3.05, 3.63) is 69.4 Å². The Hall–Kier alpha value is -4.03. The molecule has 40 heavy (non-hydrogen) atoms. The minimum Gasteiger partial charge on any atom is -0.505 e. The Labute approximate surface area is 230 Å². The van der Waals surface area contributed by atoms with Crippen molar-refractivity contribution in [1.82, 2.24) is 25.1 Å². The lowest BCUT2D eigenvalue weighted by atomic mass is 10.1. The van der Waals surface area contributed by atoms with E-state index >= 15 is 0 Å². The lowest BCUT2D eigenvalue weighted by Gasteiger charge is -2.27. The van der Waals surface area contributed by atoms with Gasteiger partial charge in [0.2, 0.25) is 0 Å². The lowest BCUT2D eigenvalue weighted by Crippen LogP contribution is -2.46. The van der Waals surface area contributed by atoms with E-state index in [1.807, 2.05) is 6.92 Å². The van der Waals surface area contributed by atoms with Gasteiger partial charge in [-0.2, -0.15) is 0 Å². The number of hydrogen-bond donors (Lipinski definition) is 3. The highest BCUT2D eigenvalue weighted by Gasteiger charge is 2.23. The fourth-order valence-electron chi connectivity index (χ4n) is 4.49. The topological polar surface area (TPSA) is 135 Å². The van der Waals surface area contributed by atoms with Gasteiger partial charge in [-0.1, -0.05) is 12.1 Å². The van der Waals surface area contributed by atoms with E-state index in [0.29, 0.717) is 57.8 Å². The minimum absolute atomic E-state index is 0.106. The highest BCUT2D eigenvalue weighted by Crippen LogP contribution is 2.26. The predicted octanol–water partition coefficient (Wildman–Crippen LogP) is 2.03. The van der Waals surface area contributed by atoms with E-state index < -0.39 is 22.8 Å². The lowest BCUT2D eigenvalue weighted by molar-refractivity contribution is 0.0532. The number of urea groups is 1. The van der Waals surface area contributed by atoms with E-state index in [1.165, 1.54) is 16.7 Å². The average molecular weight is 556 g/mol. The van der Waals surface area contributed by atoms with Crippen LogP contribution in [-0.4, -0.2) is 84.1 Å². The highest BCUT2D eigenvalue weighted by atomic mass is 19.1. The first kappa shape index (κ1) is 29.0. The van der Waals surface area contributed by atoms with Crippen LogP contribution in [0, 0.1) is 5.82 Å². The van der Waals surface area contributed by atoms with Gasteiger partial charge in [-0.25, -0.2) is 9.18 Å². The molecular weight excluding hydrogens is 521 g/mol. The summed E-state index contributed by atoms with van der Waals surface area (Å²) >= 11 is 0. The van der Waals surface area contributed by atoms with Crippen LogP contribution in [-0.2, 0) is 22.4 Å². The van der Waals surface area contributed by atoms with Crippen molar-refractivity contribution in [2.24, 2.45) is 0 Å². The van der Waals surface area contributed by atoms with Crippen LogP contribution in [0.2, 0.25) is 0 Å². The number of aromatic hydroxyl groups is 1. The number of nitrogens with zero attached hydrogens (tertiary/aromatic N) is 3. The van der Waals surface area contributed by atoms with Crippen molar-refractivity contribution in [3.63, 3.8) is 0 Å². The number of pyridine rings is 2. The van der Waals surface area contributed by atoms with Gasteiger partial charge in [-0.3, -0.25) is 14.6 Å². The van der Waals surface area contributed by atoms with E-state index in [4.69, 9.17) is 9.47 Å². The monoisotopic (exact) mass is 555 g/mol. The molecule has 1 fully saturated rings. The van der Waals surface area contributed by atoms with E-state index in [1.54, 1.807) is 29.3 Å². The largest absolute Gasteiger partial charge is 0.505 e. The summed E-state index contributed by atoms with van der Waals surface area (Å²) in [6, 6.07) is 7.59. The number of rotatable bonds is 11. The maximum absolute atomic E-state index is 13.5. The van der Waals surface area contributed by atoms with Crippen molar-refractivity contribution >= 4 is 23.0 Å². The van der Waals surface area contributed by atoms with Gasteiger partial charge in [0.05, 0.1) is 25.3 Å². The SMILES string of the molecule is CCOCCNC(=O)c1c(O)c2ncc(Cc3ccc(F)cc3)cc2n(CCCNC(=O)N2CCOCC2)c1=O. The first-order valence-electron chi connectivity index (χ1n) is 13.3. The van der Waals surface area contributed by atoms with Crippen LogP contribution >= 0.6 is 0 Å². The molecule has 12 heteroatoms. The quantitative estimate of drug-likeness (QED) is 0.308. The molecule has 0 bridgehead atoms. The number of fused-ring (bicyclic) bond motifs is 1. The number of halogens is 1. The smallest absolute Gasteiger partial charge is 0.317 e. The van der Waals surface area contributed by atoms with Crippen LogP contribution in [0.25, 0.3) is 11.0 Å². The van der Waals surface area contributed by atoms with Crippen LogP contribution in [0.5, 0.6) is 5.75 Å². The second kappa shape index (κ2) is 13.9. The van der Waals surface area contributed by atoms with Crippen LogP contribution < -0.4 is 16.2 Å². The summed E-state index contributed by atoms with van der Waals surface area (Å²) in [6.45, 7) is 5.21. The Morgan fingerprint density at radius 2 is 1.88 bits per heavy atom. The summed E-state index contributed by atoms with van der Waals surface area (Å²) in [4.78, 5) is 44.9. The predicted molar refractivity (Wildman–Crippen MR) is 146 cm³/mol. The average Bonchev–Trinajstić information content (AvgIpc) is 2.96. The number of nitrogens with one attached hydrogen (secondary N) is 2. The zero-order valence-corrected chi connectivity index (χ0v) is 22.5. The van der Waals surface area contributed by atoms with E-state index in [9.17, 15) is 23.9 Å². The molecule has 0 atom stereocenters. The number of carbonyl (C=O) groups excluding carboxylic acids is 2. The number of carbonyl (C=O) groups is 2. The van der Waals surface area contributed by atoms with Gasteiger partial charge in [0.25, 0.3) is 11.5 Å². The number of benzene rings is 1. The van der Waals surface area contributed by atoms with Crippen molar-refractivity contribution in [2.45, 2.75) is 26.3 Å². The summed E-state index contributed by atoms with van der Waals surface area (Å²) in [7, 11) is 0. The van der Waals surface area contributed by atoms with Gasteiger partial charge in [0, 0.05) is 45.5 Å². The normalized spacial score (nSPS) is 13.4. The second-order valence-corrected chi connectivity index (χ2v) is 9.33. The van der Waals surface area contributed by atoms with Crippen molar-refractivity contribution in [1.29, 1.82) is 0 Å². The molecule has 3 amide bonds. The maximum atomic E-state index is 13.5. The molecule has 11 nitrogen and oxygen atoms in total. The first-order valence-corrected chi connectivity index (χ1v) is 13.3. The molecule has 0 aliphatic carbocycles. The van der Waals surface area contributed by atoms with Gasteiger partial charge in [-0.15, -0.1) is 0 Å². The van der Waals surface area contributed by atoms with Crippen molar-refractivity contribution in [2.75, 3.05) is 52.6 Å². The van der Waals surface area contributed by atoms with E-state index in [0.717, 1.165) is 11.1 Å². The highest BCUT2D eigenvalue weighted by molar-refractivity contribution is 6.01. The van der Waals surface area contributed by atoms with Crippen LogP contribution in [0.4, 0.5) is 9.18 Å². The van der Waals surface area contributed by atoms with Crippen molar-refractivity contribution < 1.29 is 28.6 Å². The maximum Gasteiger partial charge on any atom is 0.317 e. The summed E-state index contributed by atoms with van der Waals surface area (Å²) in [5.74, 6) is -1.57. The standard InChI is InChI=1S/C28H34FN5O6/c1-2-39-13-9-30-26(36)23-25(35)24-22(17-20(18-32-24)16-19-4-6-21(29)7-5-19)34(27(23)37)10-3-8-31-28(38)33-11-14-40-15-12-33/h4-7,17-18,35H,2-3,8-16H2,1H3,(H,30,36)(H,31,38). The molecule has 1 aromatic carbocycles. The molecule has 0 radical (unpaired) electrons. The fraction of sp³-hybridized carbons (Fsp3) is 0.429. The number of ether oxygens (including phenoxy) is 2. The summed E-state index contributed by atoms with van der Waals surface area (Å²) in [5.41, 5.74) is 0.972. The van der Waals surface area contributed by atoms with Gasteiger partial charge >= 0.3 is 6.03 Å². The number of hydrogen-bond acceptors (Lipinski definition) is 7. The fourth-order valence-corrected chi connectivity index (χ4v) is 4.49. The molecule has 0 unspecified atom stereocenters. The minimum atomic E-state index is -0.726. The Balaban J connectivity index is 1.60.